The summed E-state index contributed by atoms with van der Waals surface area (Å²) >= 11 is 0. The lowest BCUT2D eigenvalue weighted by Gasteiger charge is -2.31. The molecule has 7 heteroatoms. The van der Waals surface area contributed by atoms with Gasteiger partial charge in [-0.25, -0.2) is 4.79 Å². The summed E-state index contributed by atoms with van der Waals surface area (Å²) in [5.41, 5.74) is 0.427. The Bertz CT molecular complexity index is 717. The minimum absolute atomic E-state index is 0.0137. The normalized spacial score (nSPS) is 15.2. The fourth-order valence-electron chi connectivity index (χ4n) is 2.97. The molecule has 29 heavy (non-hydrogen) atoms. The number of nitrogens with one attached hydrogen (secondary N) is 2. The minimum atomic E-state index is -0.561. The Morgan fingerprint density at radius 3 is 2.41 bits per heavy atom. The first kappa shape index (κ1) is 22.5. The summed E-state index contributed by atoms with van der Waals surface area (Å²) in [5, 5.41) is 5.55. The fraction of sp³-hybridized carbons (Fsp3) is 0.500. The van der Waals surface area contributed by atoms with E-state index in [2.05, 4.69) is 10.6 Å². The van der Waals surface area contributed by atoms with Gasteiger partial charge in [0.05, 0.1) is 0 Å². The van der Waals surface area contributed by atoms with Crippen molar-refractivity contribution in [2.75, 3.05) is 19.6 Å². The number of carbonyl (C=O) groups excluding carboxylic acids is 3. The number of amides is 3. The maximum atomic E-state index is 12.3. The summed E-state index contributed by atoms with van der Waals surface area (Å²) in [6, 6.07) is 9.74. The number of ether oxygens (including phenoxy) is 1. The molecular formula is C22H31N3O4. The quantitative estimate of drug-likeness (QED) is 0.718. The van der Waals surface area contributed by atoms with Crippen LogP contribution in [0, 0.1) is 0 Å². The van der Waals surface area contributed by atoms with Crippen LogP contribution in [0.4, 0.5) is 4.79 Å². The van der Waals surface area contributed by atoms with E-state index in [0.29, 0.717) is 13.1 Å². The number of hydrogen-bond acceptors (Lipinski definition) is 4. The van der Waals surface area contributed by atoms with Crippen molar-refractivity contribution in [3.8, 4) is 0 Å². The smallest absolute Gasteiger partial charge is 0.407 e. The molecule has 1 aliphatic heterocycles. The average Bonchev–Trinajstić information content (AvgIpc) is 2.66. The summed E-state index contributed by atoms with van der Waals surface area (Å²) in [7, 11) is 0. The van der Waals surface area contributed by atoms with Crippen molar-refractivity contribution in [1.29, 1.82) is 0 Å². The number of carbonyl (C=O) groups is 3. The second kappa shape index (κ2) is 10.6. The van der Waals surface area contributed by atoms with E-state index in [-0.39, 0.29) is 30.8 Å². The molecule has 2 N–H and O–H groups in total. The SMILES string of the molecule is CC(C)(C)OC(=O)NCCC(=O)NC1CCN(C(=O)/C=C/c2ccccc2)CC1. The topological polar surface area (TPSA) is 87.7 Å². The lowest BCUT2D eigenvalue weighted by Crippen LogP contribution is -2.46. The Morgan fingerprint density at radius 1 is 1.14 bits per heavy atom. The van der Waals surface area contributed by atoms with Crippen molar-refractivity contribution in [3.05, 3.63) is 42.0 Å². The summed E-state index contributed by atoms with van der Waals surface area (Å²) < 4.78 is 5.13. The fourth-order valence-corrected chi connectivity index (χ4v) is 2.97. The van der Waals surface area contributed by atoms with E-state index in [9.17, 15) is 14.4 Å². The van der Waals surface area contributed by atoms with Gasteiger partial charge < -0.3 is 20.3 Å². The van der Waals surface area contributed by atoms with Crippen LogP contribution in [0.5, 0.6) is 0 Å². The third-order valence-corrected chi connectivity index (χ3v) is 4.41. The van der Waals surface area contributed by atoms with Gasteiger partial charge in [-0.05, 0) is 45.3 Å². The highest BCUT2D eigenvalue weighted by Crippen LogP contribution is 2.12. The highest BCUT2D eigenvalue weighted by Gasteiger charge is 2.23. The van der Waals surface area contributed by atoms with Crippen LogP contribution in [0.3, 0.4) is 0 Å². The van der Waals surface area contributed by atoms with E-state index in [0.717, 1.165) is 18.4 Å². The molecule has 1 fully saturated rings. The maximum absolute atomic E-state index is 12.3. The molecule has 3 amide bonds. The first-order valence-electron chi connectivity index (χ1n) is 10.0. The molecule has 1 aromatic carbocycles. The van der Waals surface area contributed by atoms with E-state index < -0.39 is 11.7 Å². The largest absolute Gasteiger partial charge is 0.444 e. The highest BCUT2D eigenvalue weighted by atomic mass is 16.6. The Morgan fingerprint density at radius 2 is 1.79 bits per heavy atom. The van der Waals surface area contributed by atoms with Gasteiger partial charge in [0.25, 0.3) is 0 Å². The van der Waals surface area contributed by atoms with Crippen molar-refractivity contribution in [2.45, 2.75) is 51.7 Å². The molecule has 0 radical (unpaired) electrons. The molecule has 0 spiro atoms. The van der Waals surface area contributed by atoms with Crippen LogP contribution in [-0.4, -0.2) is 54.1 Å². The molecule has 1 aromatic rings. The molecular weight excluding hydrogens is 370 g/mol. The van der Waals surface area contributed by atoms with E-state index in [1.807, 2.05) is 36.4 Å². The summed E-state index contributed by atoms with van der Waals surface area (Å²) in [4.78, 5) is 37.7. The lowest BCUT2D eigenvalue weighted by molar-refractivity contribution is -0.127. The van der Waals surface area contributed by atoms with Gasteiger partial charge in [-0.2, -0.15) is 0 Å². The number of hydrogen-bond donors (Lipinski definition) is 2. The second-order valence-corrected chi connectivity index (χ2v) is 8.09. The lowest BCUT2D eigenvalue weighted by atomic mass is 10.0. The number of likely N-dealkylation sites (tertiary alicyclic amines) is 1. The highest BCUT2D eigenvalue weighted by molar-refractivity contribution is 5.91. The van der Waals surface area contributed by atoms with Gasteiger partial charge in [0.1, 0.15) is 5.60 Å². The predicted octanol–water partition coefficient (Wildman–Crippen LogP) is 2.72. The molecule has 1 heterocycles. The van der Waals surface area contributed by atoms with E-state index in [1.165, 1.54) is 0 Å². The van der Waals surface area contributed by atoms with Crippen LogP contribution >= 0.6 is 0 Å². The zero-order valence-electron chi connectivity index (χ0n) is 17.4. The van der Waals surface area contributed by atoms with Crippen molar-refractivity contribution < 1.29 is 19.1 Å². The van der Waals surface area contributed by atoms with E-state index in [4.69, 9.17) is 4.74 Å². The monoisotopic (exact) mass is 401 g/mol. The number of benzene rings is 1. The van der Waals surface area contributed by atoms with Gasteiger partial charge >= 0.3 is 6.09 Å². The molecule has 0 bridgehead atoms. The first-order chi connectivity index (χ1) is 13.7. The minimum Gasteiger partial charge on any atom is -0.444 e. The molecule has 0 atom stereocenters. The van der Waals surface area contributed by atoms with Crippen LogP contribution < -0.4 is 10.6 Å². The van der Waals surface area contributed by atoms with Crippen molar-refractivity contribution in [3.63, 3.8) is 0 Å². The Hall–Kier alpha value is -2.83. The summed E-state index contributed by atoms with van der Waals surface area (Å²) in [5.74, 6) is -0.130. The summed E-state index contributed by atoms with van der Waals surface area (Å²) in [6.07, 6.45) is 4.51. The van der Waals surface area contributed by atoms with Gasteiger partial charge in [0, 0.05) is 38.2 Å². The van der Waals surface area contributed by atoms with Crippen LogP contribution in [-0.2, 0) is 14.3 Å². The number of piperidine rings is 1. The van der Waals surface area contributed by atoms with Crippen LogP contribution in [0.1, 0.15) is 45.6 Å². The van der Waals surface area contributed by atoms with Gasteiger partial charge in [-0.3, -0.25) is 9.59 Å². The zero-order valence-corrected chi connectivity index (χ0v) is 17.4. The number of alkyl carbamates (subject to hydrolysis) is 1. The standard InChI is InChI=1S/C22H31N3O4/c1-22(2,3)29-21(28)23-14-11-19(26)24-18-12-15-25(16-13-18)20(27)10-9-17-7-5-4-6-8-17/h4-10,18H,11-16H2,1-3H3,(H,23,28)(H,24,26)/b10-9+. The molecule has 1 saturated heterocycles. The van der Waals surface area contributed by atoms with Gasteiger partial charge in [0.15, 0.2) is 0 Å². The third kappa shape index (κ3) is 8.81. The Labute approximate surface area is 172 Å². The molecule has 1 aliphatic rings. The molecule has 158 valence electrons. The Balaban J connectivity index is 1.65. The molecule has 0 unspecified atom stereocenters. The first-order valence-corrected chi connectivity index (χ1v) is 10.0. The number of rotatable bonds is 6. The van der Waals surface area contributed by atoms with E-state index in [1.54, 1.807) is 31.7 Å². The third-order valence-electron chi connectivity index (χ3n) is 4.41. The van der Waals surface area contributed by atoms with Gasteiger partial charge in [-0.15, -0.1) is 0 Å². The van der Waals surface area contributed by atoms with Gasteiger partial charge in [-0.1, -0.05) is 30.3 Å². The van der Waals surface area contributed by atoms with Gasteiger partial charge in [0.2, 0.25) is 11.8 Å². The molecule has 0 aromatic heterocycles. The molecule has 7 nitrogen and oxygen atoms in total. The zero-order chi connectivity index (χ0) is 21.3. The van der Waals surface area contributed by atoms with Crippen LogP contribution in [0.25, 0.3) is 6.08 Å². The van der Waals surface area contributed by atoms with Crippen molar-refractivity contribution in [2.24, 2.45) is 0 Å². The predicted molar refractivity (Wildman–Crippen MR) is 112 cm³/mol. The molecule has 0 saturated carbocycles. The van der Waals surface area contributed by atoms with E-state index >= 15 is 0 Å². The van der Waals surface area contributed by atoms with Crippen LogP contribution in [0.2, 0.25) is 0 Å². The summed E-state index contributed by atoms with van der Waals surface area (Å²) in [6.45, 7) is 6.80. The van der Waals surface area contributed by atoms with Crippen molar-refractivity contribution >= 4 is 24.0 Å². The van der Waals surface area contributed by atoms with Crippen molar-refractivity contribution in [1.82, 2.24) is 15.5 Å². The number of nitrogens with zero attached hydrogens (tertiary/aromatic N) is 1. The second-order valence-electron chi connectivity index (χ2n) is 8.09. The molecule has 2 rings (SSSR count). The average molecular weight is 402 g/mol. The molecule has 0 aliphatic carbocycles. The van der Waals surface area contributed by atoms with Crippen LogP contribution in [0.15, 0.2) is 36.4 Å². The maximum Gasteiger partial charge on any atom is 0.407 e. The Kier molecular flexibility index (Phi) is 8.24.